The summed E-state index contributed by atoms with van der Waals surface area (Å²) in [5.74, 6) is 0.283. The van der Waals surface area contributed by atoms with Gasteiger partial charge < -0.3 is 4.74 Å². The van der Waals surface area contributed by atoms with E-state index in [0.29, 0.717) is 18.9 Å². The Labute approximate surface area is 117 Å². The molecule has 2 heteroatoms. The lowest BCUT2D eigenvalue weighted by Crippen LogP contribution is -2.13. The van der Waals surface area contributed by atoms with Crippen molar-refractivity contribution in [3.63, 3.8) is 0 Å². The molecule has 0 aromatic heterocycles. The molecule has 0 aliphatic carbocycles. The van der Waals surface area contributed by atoms with Crippen LogP contribution in [-0.4, -0.2) is 12.6 Å². The smallest absolute Gasteiger partial charge is 0.305 e. The van der Waals surface area contributed by atoms with Crippen LogP contribution in [0.15, 0.2) is 30.3 Å². The largest absolute Gasteiger partial charge is 0.465 e. The molecule has 0 saturated heterocycles. The van der Waals surface area contributed by atoms with E-state index in [1.54, 1.807) is 0 Å². The number of carbonyl (C=O) groups is 1. The van der Waals surface area contributed by atoms with E-state index in [4.69, 9.17) is 4.74 Å². The van der Waals surface area contributed by atoms with Gasteiger partial charge in [0, 0.05) is 12.3 Å². The summed E-state index contributed by atoms with van der Waals surface area (Å²) >= 11 is 0. The lowest BCUT2D eigenvalue weighted by Gasteiger charge is -2.17. The van der Waals surface area contributed by atoms with Crippen molar-refractivity contribution in [2.45, 2.75) is 58.3 Å². The molecule has 2 nitrogen and oxygen atoms in total. The van der Waals surface area contributed by atoms with Crippen LogP contribution in [0.3, 0.4) is 0 Å². The molecule has 0 fully saturated rings. The SMILES string of the molecule is CCCCC(=O)OCC(CCCC)c1ccccc1. The first-order chi connectivity index (χ1) is 9.27. The molecule has 19 heavy (non-hydrogen) atoms. The van der Waals surface area contributed by atoms with Crippen LogP contribution in [-0.2, 0) is 9.53 Å². The van der Waals surface area contributed by atoms with Crippen molar-refractivity contribution >= 4 is 5.97 Å². The fourth-order valence-electron chi connectivity index (χ4n) is 2.11. The van der Waals surface area contributed by atoms with Gasteiger partial charge in [-0.2, -0.15) is 0 Å². The van der Waals surface area contributed by atoms with Gasteiger partial charge in [-0.15, -0.1) is 0 Å². The third-order valence-corrected chi connectivity index (χ3v) is 3.36. The maximum atomic E-state index is 11.6. The minimum absolute atomic E-state index is 0.0562. The molecule has 0 bridgehead atoms. The van der Waals surface area contributed by atoms with E-state index in [-0.39, 0.29) is 5.97 Å². The Bertz CT molecular complexity index is 346. The maximum absolute atomic E-state index is 11.6. The molecule has 0 saturated carbocycles. The second-order valence-corrected chi connectivity index (χ2v) is 5.04. The van der Waals surface area contributed by atoms with Crippen molar-refractivity contribution in [1.29, 1.82) is 0 Å². The fourth-order valence-corrected chi connectivity index (χ4v) is 2.11. The quantitative estimate of drug-likeness (QED) is 0.603. The second-order valence-electron chi connectivity index (χ2n) is 5.04. The van der Waals surface area contributed by atoms with Crippen molar-refractivity contribution in [2.24, 2.45) is 0 Å². The summed E-state index contributed by atoms with van der Waals surface area (Å²) < 4.78 is 5.42. The van der Waals surface area contributed by atoms with Gasteiger partial charge in [0.1, 0.15) is 0 Å². The molecule has 0 aliphatic heterocycles. The molecule has 0 spiro atoms. The van der Waals surface area contributed by atoms with Gasteiger partial charge in [0.2, 0.25) is 0 Å². The van der Waals surface area contributed by atoms with Gasteiger partial charge in [-0.25, -0.2) is 0 Å². The second kappa shape index (κ2) is 9.60. The maximum Gasteiger partial charge on any atom is 0.305 e. The average molecular weight is 262 g/mol. The lowest BCUT2D eigenvalue weighted by molar-refractivity contribution is -0.144. The van der Waals surface area contributed by atoms with Gasteiger partial charge in [0.15, 0.2) is 0 Å². The monoisotopic (exact) mass is 262 g/mol. The summed E-state index contributed by atoms with van der Waals surface area (Å²) in [7, 11) is 0. The van der Waals surface area contributed by atoms with Gasteiger partial charge in [-0.3, -0.25) is 4.79 Å². The van der Waals surface area contributed by atoms with Crippen molar-refractivity contribution in [2.75, 3.05) is 6.61 Å². The first-order valence-corrected chi connectivity index (χ1v) is 7.48. The molecule has 0 amide bonds. The molecule has 0 radical (unpaired) electrons. The fraction of sp³-hybridized carbons (Fsp3) is 0.588. The number of rotatable bonds is 9. The zero-order chi connectivity index (χ0) is 13.9. The Morgan fingerprint density at radius 1 is 1.11 bits per heavy atom. The zero-order valence-corrected chi connectivity index (χ0v) is 12.2. The molecule has 0 aliphatic rings. The van der Waals surface area contributed by atoms with E-state index in [2.05, 4.69) is 26.0 Å². The van der Waals surface area contributed by atoms with Crippen LogP contribution in [0.25, 0.3) is 0 Å². The summed E-state index contributed by atoms with van der Waals surface area (Å²) in [6.45, 7) is 4.79. The minimum atomic E-state index is -0.0562. The Balaban J connectivity index is 2.48. The number of hydrogen-bond acceptors (Lipinski definition) is 2. The van der Waals surface area contributed by atoms with Crippen molar-refractivity contribution in [3.8, 4) is 0 Å². The third kappa shape index (κ3) is 6.42. The molecule has 1 unspecified atom stereocenters. The molecule has 1 atom stereocenters. The van der Waals surface area contributed by atoms with Crippen LogP contribution in [0.5, 0.6) is 0 Å². The first-order valence-electron chi connectivity index (χ1n) is 7.48. The topological polar surface area (TPSA) is 26.3 Å². The predicted octanol–water partition coefficient (Wildman–Crippen LogP) is 4.69. The van der Waals surface area contributed by atoms with E-state index in [1.165, 1.54) is 18.4 Å². The highest BCUT2D eigenvalue weighted by Gasteiger charge is 2.13. The molecule has 1 aromatic rings. The van der Waals surface area contributed by atoms with Gasteiger partial charge in [-0.05, 0) is 18.4 Å². The summed E-state index contributed by atoms with van der Waals surface area (Å²) in [4.78, 5) is 11.6. The molecule has 0 heterocycles. The van der Waals surface area contributed by atoms with Crippen LogP contribution in [0, 0.1) is 0 Å². The van der Waals surface area contributed by atoms with Crippen molar-refractivity contribution < 1.29 is 9.53 Å². The van der Waals surface area contributed by atoms with Crippen LogP contribution < -0.4 is 0 Å². The Kier molecular flexibility index (Phi) is 7.95. The van der Waals surface area contributed by atoms with E-state index in [0.717, 1.165) is 19.3 Å². The van der Waals surface area contributed by atoms with Crippen molar-refractivity contribution in [3.05, 3.63) is 35.9 Å². The lowest BCUT2D eigenvalue weighted by atomic mass is 9.94. The number of unbranched alkanes of at least 4 members (excludes halogenated alkanes) is 2. The van der Waals surface area contributed by atoms with Gasteiger partial charge in [0.25, 0.3) is 0 Å². The van der Waals surface area contributed by atoms with Gasteiger partial charge in [-0.1, -0.05) is 63.4 Å². The predicted molar refractivity (Wildman–Crippen MR) is 79.2 cm³/mol. The molecular formula is C17H26O2. The third-order valence-electron chi connectivity index (χ3n) is 3.36. The van der Waals surface area contributed by atoms with Gasteiger partial charge in [0.05, 0.1) is 6.61 Å². The van der Waals surface area contributed by atoms with Crippen LogP contribution in [0.4, 0.5) is 0 Å². The number of esters is 1. The molecule has 1 aromatic carbocycles. The summed E-state index contributed by atoms with van der Waals surface area (Å²) in [5.41, 5.74) is 1.28. The Morgan fingerprint density at radius 2 is 1.79 bits per heavy atom. The van der Waals surface area contributed by atoms with Crippen LogP contribution >= 0.6 is 0 Å². The number of hydrogen-bond donors (Lipinski definition) is 0. The summed E-state index contributed by atoms with van der Waals surface area (Å²) in [6.07, 6.45) is 5.93. The van der Waals surface area contributed by atoms with E-state index in [9.17, 15) is 4.79 Å². The zero-order valence-electron chi connectivity index (χ0n) is 12.2. The first kappa shape index (κ1) is 15.7. The minimum Gasteiger partial charge on any atom is -0.465 e. The molecular weight excluding hydrogens is 236 g/mol. The van der Waals surface area contributed by atoms with E-state index >= 15 is 0 Å². The highest BCUT2D eigenvalue weighted by atomic mass is 16.5. The molecule has 106 valence electrons. The Morgan fingerprint density at radius 3 is 2.42 bits per heavy atom. The van der Waals surface area contributed by atoms with Crippen LogP contribution in [0.1, 0.15) is 63.9 Å². The molecule has 1 rings (SSSR count). The summed E-state index contributed by atoms with van der Waals surface area (Å²) in [5, 5.41) is 0. The Hall–Kier alpha value is -1.31. The summed E-state index contributed by atoms with van der Waals surface area (Å²) in [6, 6.07) is 10.4. The van der Waals surface area contributed by atoms with Crippen molar-refractivity contribution in [1.82, 2.24) is 0 Å². The van der Waals surface area contributed by atoms with E-state index < -0.39 is 0 Å². The standard InChI is InChI=1S/C17H26O2/c1-3-5-10-16(15-11-8-7-9-12-15)14-19-17(18)13-6-4-2/h7-9,11-12,16H,3-6,10,13-14H2,1-2H3. The number of carbonyl (C=O) groups excluding carboxylic acids is 1. The number of benzene rings is 1. The highest BCUT2D eigenvalue weighted by Crippen LogP contribution is 2.22. The van der Waals surface area contributed by atoms with E-state index in [1.807, 2.05) is 18.2 Å². The molecule has 0 N–H and O–H groups in total. The normalized spacial score (nSPS) is 12.1. The number of ether oxygens (including phenoxy) is 1. The van der Waals surface area contributed by atoms with Crippen LogP contribution in [0.2, 0.25) is 0 Å². The highest BCUT2D eigenvalue weighted by molar-refractivity contribution is 5.69. The average Bonchev–Trinajstić information content (AvgIpc) is 2.46. The van der Waals surface area contributed by atoms with Gasteiger partial charge >= 0.3 is 5.97 Å².